The molecule has 3 amide bonds. The Balaban J connectivity index is 1.12. The van der Waals surface area contributed by atoms with Gasteiger partial charge in [0.25, 0.3) is 0 Å². The van der Waals surface area contributed by atoms with Gasteiger partial charge < -0.3 is 41.1 Å². The van der Waals surface area contributed by atoms with Gasteiger partial charge in [-0.15, -0.1) is 0 Å². The van der Waals surface area contributed by atoms with Gasteiger partial charge in [0.1, 0.15) is 25.3 Å². The number of carbonyl (C=O) groups excluding carboxylic acids is 4. The van der Waals surface area contributed by atoms with Crippen LogP contribution in [0.3, 0.4) is 0 Å². The first-order valence-corrected chi connectivity index (χ1v) is 18.5. The number of carbonyl (C=O) groups is 4. The van der Waals surface area contributed by atoms with Crippen LogP contribution in [0.5, 0.6) is 0 Å². The van der Waals surface area contributed by atoms with Crippen LogP contribution in [0.4, 0.5) is 4.79 Å². The molecule has 0 fully saturated rings. The maximum atomic E-state index is 14.1. The summed E-state index contributed by atoms with van der Waals surface area (Å²) in [6.45, 7) is 0.484. The molecule has 0 aliphatic heterocycles. The number of fused-ring (bicyclic) bond motifs is 2. The molecule has 284 valence electrons. The number of aromatic nitrogens is 2. The Morgan fingerprint density at radius 3 is 1.75 bits per heavy atom. The number of benzene rings is 4. The molecule has 7 N–H and O–H groups in total. The third kappa shape index (κ3) is 10.8. The van der Waals surface area contributed by atoms with Gasteiger partial charge in [-0.2, -0.15) is 0 Å². The maximum absolute atomic E-state index is 14.1. The van der Waals surface area contributed by atoms with Crippen LogP contribution in [-0.4, -0.2) is 58.5 Å². The van der Waals surface area contributed by atoms with Crippen molar-refractivity contribution in [3.8, 4) is 0 Å². The number of aromatic amines is 2. The highest BCUT2D eigenvalue weighted by Gasteiger charge is 2.30. The number of para-hydroxylation sites is 2. The average Bonchev–Trinajstić information content (AvgIpc) is 3.82. The number of hydrogen-bond donors (Lipinski definition) is 6. The summed E-state index contributed by atoms with van der Waals surface area (Å²) in [6.07, 6.45) is 4.70. The van der Waals surface area contributed by atoms with Crippen molar-refractivity contribution in [2.75, 3.05) is 6.54 Å². The Kier molecular flexibility index (Phi) is 13.3. The molecule has 6 aromatic rings. The predicted octanol–water partition coefficient (Wildman–Crippen LogP) is 5.57. The summed E-state index contributed by atoms with van der Waals surface area (Å²) in [5.74, 6) is -1.67. The quantitative estimate of drug-likeness (QED) is 0.0492. The van der Waals surface area contributed by atoms with Gasteiger partial charge in [0.2, 0.25) is 11.8 Å². The van der Waals surface area contributed by atoms with Crippen molar-refractivity contribution in [2.24, 2.45) is 5.73 Å². The number of nitrogens with two attached hydrogens (primary N) is 1. The van der Waals surface area contributed by atoms with Crippen molar-refractivity contribution in [3.05, 3.63) is 144 Å². The van der Waals surface area contributed by atoms with Crippen molar-refractivity contribution in [2.45, 2.75) is 63.4 Å². The Bertz CT molecular complexity index is 2180. The first kappa shape index (κ1) is 38.3. The molecular formula is C43H46N6O6. The number of amides is 3. The predicted molar refractivity (Wildman–Crippen MR) is 211 cm³/mol. The number of unbranched alkanes of at least 4 members (excludes halogenated alkanes) is 1. The zero-order valence-corrected chi connectivity index (χ0v) is 30.5. The average molecular weight is 743 g/mol. The minimum Gasteiger partial charge on any atom is -0.459 e. The number of rotatable bonds is 18. The van der Waals surface area contributed by atoms with Gasteiger partial charge in [0, 0.05) is 47.2 Å². The summed E-state index contributed by atoms with van der Waals surface area (Å²) >= 11 is 0. The number of hydrogen-bond acceptors (Lipinski definition) is 7. The smallest absolute Gasteiger partial charge is 0.407 e. The second kappa shape index (κ2) is 19.1. The number of H-pyrrole nitrogens is 2. The van der Waals surface area contributed by atoms with E-state index in [0.717, 1.165) is 44.1 Å². The summed E-state index contributed by atoms with van der Waals surface area (Å²) in [5, 5.41) is 10.4. The second-order valence-electron chi connectivity index (χ2n) is 13.4. The molecule has 2 heterocycles. The van der Waals surface area contributed by atoms with Crippen LogP contribution >= 0.6 is 0 Å². The van der Waals surface area contributed by atoms with Crippen molar-refractivity contribution in [1.29, 1.82) is 0 Å². The molecule has 4 aromatic carbocycles. The van der Waals surface area contributed by atoms with E-state index in [1.165, 1.54) is 0 Å². The fourth-order valence-electron chi connectivity index (χ4n) is 6.43. The Morgan fingerprint density at radius 1 is 0.600 bits per heavy atom. The van der Waals surface area contributed by atoms with Crippen LogP contribution in [0.15, 0.2) is 122 Å². The van der Waals surface area contributed by atoms with Crippen LogP contribution in [0.2, 0.25) is 0 Å². The normalized spacial score (nSPS) is 12.7. The molecule has 0 aliphatic rings. The van der Waals surface area contributed by atoms with Gasteiger partial charge in [-0.05, 0) is 60.1 Å². The minimum atomic E-state index is -1.06. The van der Waals surface area contributed by atoms with Crippen molar-refractivity contribution < 1.29 is 28.7 Å². The standard InChI is InChI=1S/C43H46N6O6/c44-35(23-31-25-46-36-19-9-7-17-33(31)36)40(50)49-39(24-32-26-47-37-20-10-8-18-34(32)37)41(51)48-38(42(52)54-27-29-13-3-1-4-14-29)21-11-12-22-45-43(53)55-28-30-15-5-2-6-16-30/h1-10,13-20,25-26,35,38-39,46-47H,11-12,21-24,27-28,44H2,(H,45,53)(H,48,51)(H,49,50)/t35-,38-,39-/m0/s1. The molecule has 0 aliphatic carbocycles. The highest BCUT2D eigenvalue weighted by molar-refractivity contribution is 5.93. The van der Waals surface area contributed by atoms with Crippen LogP contribution < -0.4 is 21.7 Å². The SMILES string of the molecule is N[C@@H](Cc1c[nH]c2ccccc12)C(=O)N[C@@H](Cc1c[nH]c2ccccc12)C(=O)N[C@@H](CCCCNC(=O)OCc1ccccc1)C(=O)OCc1ccccc1. The fraction of sp³-hybridized carbons (Fsp3) is 0.256. The Hall–Kier alpha value is -6.40. The van der Waals surface area contributed by atoms with E-state index in [0.29, 0.717) is 19.4 Å². The largest absolute Gasteiger partial charge is 0.459 e. The molecule has 0 saturated heterocycles. The first-order chi connectivity index (χ1) is 26.8. The molecule has 0 unspecified atom stereocenters. The minimum absolute atomic E-state index is 0.0268. The third-order valence-electron chi connectivity index (χ3n) is 9.41. The molecule has 0 saturated carbocycles. The summed E-state index contributed by atoms with van der Waals surface area (Å²) in [6, 6.07) is 31.0. The topological polar surface area (TPSA) is 180 Å². The number of esters is 1. The molecular weight excluding hydrogens is 697 g/mol. The van der Waals surface area contributed by atoms with E-state index in [1.807, 2.05) is 122 Å². The maximum Gasteiger partial charge on any atom is 0.407 e. The lowest BCUT2D eigenvalue weighted by Gasteiger charge is -2.24. The highest BCUT2D eigenvalue weighted by Crippen LogP contribution is 2.21. The molecule has 0 spiro atoms. The number of nitrogens with one attached hydrogen (secondary N) is 5. The second-order valence-corrected chi connectivity index (χ2v) is 13.4. The summed E-state index contributed by atoms with van der Waals surface area (Å²) in [5.41, 5.74) is 11.6. The molecule has 12 heteroatoms. The molecule has 55 heavy (non-hydrogen) atoms. The van der Waals surface area contributed by atoms with Gasteiger partial charge >= 0.3 is 12.1 Å². The zero-order chi connectivity index (χ0) is 38.4. The first-order valence-electron chi connectivity index (χ1n) is 18.5. The van der Waals surface area contributed by atoms with E-state index in [1.54, 1.807) is 0 Å². The zero-order valence-electron chi connectivity index (χ0n) is 30.5. The fourth-order valence-corrected chi connectivity index (χ4v) is 6.43. The third-order valence-corrected chi connectivity index (χ3v) is 9.41. The van der Waals surface area contributed by atoms with E-state index in [2.05, 4.69) is 25.9 Å². The van der Waals surface area contributed by atoms with Gasteiger partial charge in [0.15, 0.2) is 0 Å². The van der Waals surface area contributed by atoms with E-state index < -0.39 is 42.0 Å². The van der Waals surface area contributed by atoms with Gasteiger partial charge in [-0.3, -0.25) is 9.59 Å². The van der Waals surface area contributed by atoms with Crippen molar-refractivity contribution >= 4 is 45.7 Å². The van der Waals surface area contributed by atoms with E-state index in [4.69, 9.17) is 15.2 Å². The van der Waals surface area contributed by atoms with Gasteiger partial charge in [-0.25, -0.2) is 9.59 Å². The van der Waals surface area contributed by atoms with E-state index in [9.17, 15) is 19.2 Å². The Labute approximate surface area is 319 Å². The van der Waals surface area contributed by atoms with Crippen molar-refractivity contribution in [1.82, 2.24) is 25.9 Å². The van der Waals surface area contributed by atoms with Crippen molar-refractivity contribution in [3.63, 3.8) is 0 Å². The monoisotopic (exact) mass is 742 g/mol. The van der Waals surface area contributed by atoms with Crippen LogP contribution in [0, 0.1) is 0 Å². The lowest BCUT2D eigenvalue weighted by molar-refractivity contribution is -0.149. The lowest BCUT2D eigenvalue weighted by atomic mass is 10.0. The van der Waals surface area contributed by atoms with E-state index in [-0.39, 0.29) is 32.5 Å². The number of alkyl carbamates (subject to hydrolysis) is 1. The van der Waals surface area contributed by atoms with Crippen LogP contribution in [0.1, 0.15) is 41.5 Å². The summed E-state index contributed by atoms with van der Waals surface area (Å²) in [7, 11) is 0. The van der Waals surface area contributed by atoms with Crippen LogP contribution in [-0.2, 0) is 49.9 Å². The lowest BCUT2D eigenvalue weighted by Crippen LogP contribution is -2.55. The van der Waals surface area contributed by atoms with Crippen LogP contribution in [0.25, 0.3) is 21.8 Å². The molecule has 2 aromatic heterocycles. The molecule has 3 atom stereocenters. The molecule has 6 rings (SSSR count). The summed E-state index contributed by atoms with van der Waals surface area (Å²) < 4.78 is 10.9. The highest BCUT2D eigenvalue weighted by atomic mass is 16.5. The Morgan fingerprint density at radius 2 is 1.13 bits per heavy atom. The summed E-state index contributed by atoms with van der Waals surface area (Å²) in [4.78, 5) is 60.0. The molecule has 0 radical (unpaired) electrons. The van der Waals surface area contributed by atoms with Gasteiger partial charge in [0.05, 0.1) is 6.04 Å². The van der Waals surface area contributed by atoms with Gasteiger partial charge in [-0.1, -0.05) is 97.1 Å². The molecule has 12 nitrogen and oxygen atoms in total. The number of ether oxygens (including phenoxy) is 2. The molecule has 0 bridgehead atoms. The van der Waals surface area contributed by atoms with E-state index >= 15 is 0 Å².